The first-order valence-corrected chi connectivity index (χ1v) is 9.50. The van der Waals surface area contributed by atoms with Crippen molar-refractivity contribution in [1.29, 1.82) is 0 Å². The lowest BCUT2D eigenvalue weighted by Gasteiger charge is -2.25. The maximum Gasteiger partial charge on any atom is 0.209 e. The van der Waals surface area contributed by atoms with Crippen molar-refractivity contribution in [2.24, 2.45) is 0 Å². The first-order valence-electron chi connectivity index (χ1n) is 9.50. The number of hydrogen-bond donors (Lipinski definition) is 0. The number of nitrogens with zero attached hydrogens (tertiary/aromatic N) is 2. The molecule has 5 rings (SSSR count). The van der Waals surface area contributed by atoms with Gasteiger partial charge in [0.2, 0.25) is 5.89 Å². The van der Waals surface area contributed by atoms with E-state index < -0.39 is 0 Å². The molecule has 5 nitrogen and oxygen atoms in total. The molecule has 3 heterocycles. The van der Waals surface area contributed by atoms with Crippen LogP contribution >= 0.6 is 0 Å². The van der Waals surface area contributed by atoms with Gasteiger partial charge in [0.15, 0.2) is 17.3 Å². The van der Waals surface area contributed by atoms with Gasteiger partial charge in [0.25, 0.3) is 0 Å². The highest BCUT2D eigenvalue weighted by Gasteiger charge is 2.28. The number of hydrogen-bond acceptors (Lipinski definition) is 5. The van der Waals surface area contributed by atoms with Gasteiger partial charge in [-0.15, -0.1) is 0 Å². The molecule has 0 aliphatic carbocycles. The highest BCUT2D eigenvalue weighted by Crippen LogP contribution is 2.38. The minimum Gasteiger partial charge on any atom is -0.486 e. The Labute approximate surface area is 158 Å². The Morgan fingerprint density at radius 1 is 1.00 bits per heavy atom. The molecule has 0 N–H and O–H groups in total. The van der Waals surface area contributed by atoms with E-state index in [0.717, 1.165) is 41.7 Å². The minimum atomic E-state index is 0.355. The summed E-state index contributed by atoms with van der Waals surface area (Å²) < 4.78 is 17.4. The molecule has 2 aliphatic heterocycles. The third kappa shape index (κ3) is 3.30. The topological polar surface area (TPSA) is 47.7 Å². The number of benzene rings is 2. The van der Waals surface area contributed by atoms with Gasteiger partial charge in [-0.25, -0.2) is 4.98 Å². The third-order valence-electron chi connectivity index (χ3n) is 5.26. The molecule has 5 heteroatoms. The second-order valence-electron chi connectivity index (χ2n) is 7.02. The summed E-state index contributed by atoms with van der Waals surface area (Å²) in [6.07, 6.45) is 4.12. The van der Waals surface area contributed by atoms with Gasteiger partial charge in [-0.05, 0) is 37.1 Å². The van der Waals surface area contributed by atoms with Gasteiger partial charge >= 0.3 is 0 Å². The van der Waals surface area contributed by atoms with E-state index in [4.69, 9.17) is 13.9 Å². The number of oxazole rings is 1. The van der Waals surface area contributed by atoms with Gasteiger partial charge in [-0.2, -0.15) is 0 Å². The monoisotopic (exact) mass is 362 g/mol. The summed E-state index contributed by atoms with van der Waals surface area (Å²) in [5, 5.41) is 0. The number of likely N-dealkylation sites (tertiary alicyclic amines) is 1. The standard InChI is InChI=1S/C22H22N2O3/c1-2-5-16(6-3-1)21-14-23-22(27-21)15-24-10-4-7-18(24)17-8-9-19-20(13-17)26-12-11-25-19/h1-3,5-6,8-9,13-14,18H,4,7,10-12,15H2. The van der Waals surface area contributed by atoms with Gasteiger partial charge in [-0.3, -0.25) is 4.90 Å². The molecule has 1 aromatic heterocycles. The van der Waals surface area contributed by atoms with Crippen molar-refractivity contribution in [3.05, 3.63) is 66.2 Å². The van der Waals surface area contributed by atoms with Crippen LogP contribution in [-0.2, 0) is 6.54 Å². The summed E-state index contributed by atoms with van der Waals surface area (Å²) in [4.78, 5) is 6.94. The highest BCUT2D eigenvalue weighted by molar-refractivity contribution is 5.55. The predicted octanol–water partition coefficient (Wildman–Crippen LogP) is 4.45. The Bertz CT molecular complexity index is 922. The van der Waals surface area contributed by atoms with Gasteiger partial charge in [0, 0.05) is 11.6 Å². The Hall–Kier alpha value is -2.79. The average molecular weight is 362 g/mol. The van der Waals surface area contributed by atoms with Crippen molar-refractivity contribution in [1.82, 2.24) is 9.88 Å². The molecular weight excluding hydrogens is 340 g/mol. The first kappa shape index (κ1) is 16.4. The van der Waals surface area contributed by atoms with Gasteiger partial charge in [-0.1, -0.05) is 36.4 Å². The van der Waals surface area contributed by atoms with E-state index in [9.17, 15) is 0 Å². The van der Waals surface area contributed by atoms with Crippen molar-refractivity contribution in [3.8, 4) is 22.8 Å². The Morgan fingerprint density at radius 2 is 1.85 bits per heavy atom. The van der Waals surface area contributed by atoms with E-state index in [2.05, 4.69) is 22.0 Å². The SMILES string of the molecule is c1ccc(-c2cnc(CN3CCCC3c3ccc4c(c3)OCCO4)o2)cc1. The lowest BCUT2D eigenvalue weighted by molar-refractivity contribution is 0.170. The number of aromatic nitrogens is 1. The smallest absolute Gasteiger partial charge is 0.209 e. The normalized spacial score (nSPS) is 19.3. The maximum atomic E-state index is 6.01. The van der Waals surface area contributed by atoms with Crippen LogP contribution < -0.4 is 9.47 Å². The molecule has 138 valence electrons. The second-order valence-corrected chi connectivity index (χ2v) is 7.02. The highest BCUT2D eigenvalue weighted by atomic mass is 16.6. The minimum absolute atomic E-state index is 0.355. The van der Waals surface area contributed by atoms with Crippen LogP contribution in [0.2, 0.25) is 0 Å². The van der Waals surface area contributed by atoms with Gasteiger partial charge < -0.3 is 13.9 Å². The van der Waals surface area contributed by atoms with E-state index in [1.165, 1.54) is 12.0 Å². The van der Waals surface area contributed by atoms with E-state index in [0.29, 0.717) is 25.8 Å². The summed E-state index contributed by atoms with van der Waals surface area (Å²) in [5.41, 5.74) is 2.33. The van der Waals surface area contributed by atoms with Gasteiger partial charge in [0.1, 0.15) is 13.2 Å². The van der Waals surface area contributed by atoms with Crippen molar-refractivity contribution in [2.75, 3.05) is 19.8 Å². The van der Waals surface area contributed by atoms with E-state index in [-0.39, 0.29) is 0 Å². The molecule has 3 aromatic rings. The fourth-order valence-electron chi connectivity index (χ4n) is 3.95. The molecule has 0 saturated carbocycles. The molecule has 1 atom stereocenters. The van der Waals surface area contributed by atoms with Crippen LogP contribution in [0, 0.1) is 0 Å². The predicted molar refractivity (Wildman–Crippen MR) is 102 cm³/mol. The molecule has 0 bridgehead atoms. The van der Waals surface area contributed by atoms with Crippen LogP contribution in [0.15, 0.2) is 59.1 Å². The fraction of sp³-hybridized carbons (Fsp3) is 0.318. The van der Waals surface area contributed by atoms with Crippen LogP contribution in [0.5, 0.6) is 11.5 Å². The Kier molecular flexibility index (Phi) is 4.30. The maximum absolute atomic E-state index is 6.01. The lowest BCUT2D eigenvalue weighted by atomic mass is 10.0. The van der Waals surface area contributed by atoms with E-state index in [1.54, 1.807) is 0 Å². The lowest BCUT2D eigenvalue weighted by Crippen LogP contribution is -2.23. The quantitative estimate of drug-likeness (QED) is 0.686. The Balaban J connectivity index is 1.34. The zero-order chi connectivity index (χ0) is 18.1. The summed E-state index contributed by atoms with van der Waals surface area (Å²) in [5.74, 6) is 3.28. The van der Waals surface area contributed by atoms with Crippen LogP contribution in [-0.4, -0.2) is 29.6 Å². The van der Waals surface area contributed by atoms with Crippen LogP contribution in [0.3, 0.4) is 0 Å². The largest absolute Gasteiger partial charge is 0.486 e. The van der Waals surface area contributed by atoms with Crippen LogP contribution in [0.4, 0.5) is 0 Å². The second kappa shape index (κ2) is 7.08. The molecule has 1 fully saturated rings. The average Bonchev–Trinajstić information content (AvgIpc) is 3.38. The molecule has 0 radical (unpaired) electrons. The zero-order valence-electron chi connectivity index (χ0n) is 15.1. The third-order valence-corrected chi connectivity index (χ3v) is 5.26. The molecule has 1 saturated heterocycles. The fourth-order valence-corrected chi connectivity index (χ4v) is 3.95. The Morgan fingerprint density at radius 3 is 2.74 bits per heavy atom. The first-order chi connectivity index (χ1) is 13.4. The van der Waals surface area contributed by atoms with Crippen LogP contribution in [0.1, 0.15) is 30.3 Å². The van der Waals surface area contributed by atoms with Crippen molar-refractivity contribution >= 4 is 0 Å². The summed E-state index contributed by atoms with van der Waals surface area (Å²) in [6.45, 7) is 2.99. The van der Waals surface area contributed by atoms with E-state index in [1.807, 2.05) is 42.6 Å². The van der Waals surface area contributed by atoms with Crippen LogP contribution in [0.25, 0.3) is 11.3 Å². The molecule has 0 amide bonds. The van der Waals surface area contributed by atoms with Crippen molar-refractivity contribution in [2.45, 2.75) is 25.4 Å². The molecule has 0 spiro atoms. The summed E-state index contributed by atoms with van der Waals surface area (Å²) >= 11 is 0. The molecular formula is C22H22N2O3. The molecule has 27 heavy (non-hydrogen) atoms. The van der Waals surface area contributed by atoms with E-state index >= 15 is 0 Å². The molecule has 2 aliphatic rings. The van der Waals surface area contributed by atoms with Crippen molar-refractivity contribution in [3.63, 3.8) is 0 Å². The number of rotatable bonds is 4. The van der Waals surface area contributed by atoms with Gasteiger partial charge in [0.05, 0.1) is 12.7 Å². The molecule has 2 aromatic carbocycles. The zero-order valence-corrected chi connectivity index (χ0v) is 15.1. The molecule has 1 unspecified atom stereocenters. The van der Waals surface area contributed by atoms with Crippen molar-refractivity contribution < 1.29 is 13.9 Å². The number of ether oxygens (including phenoxy) is 2. The summed E-state index contributed by atoms with van der Waals surface area (Å²) in [7, 11) is 0. The summed E-state index contributed by atoms with van der Waals surface area (Å²) in [6, 6.07) is 16.8. The number of fused-ring (bicyclic) bond motifs is 1.